The molecule has 1 aliphatic heterocycles. The van der Waals surface area contributed by atoms with Gasteiger partial charge in [0.25, 0.3) is 5.91 Å². The van der Waals surface area contributed by atoms with Crippen LogP contribution < -0.4 is 5.32 Å². The first kappa shape index (κ1) is 16.1. The van der Waals surface area contributed by atoms with E-state index in [4.69, 9.17) is 0 Å². The van der Waals surface area contributed by atoms with E-state index in [2.05, 4.69) is 5.32 Å². The van der Waals surface area contributed by atoms with Crippen LogP contribution >= 0.6 is 0 Å². The number of amides is 2. The summed E-state index contributed by atoms with van der Waals surface area (Å²) in [4.78, 5) is 25.9. The van der Waals surface area contributed by atoms with Crippen molar-refractivity contribution in [2.75, 3.05) is 19.6 Å². The number of carbonyl (C=O) groups excluding carboxylic acids is 2. The molecule has 1 aromatic heterocycles. The van der Waals surface area contributed by atoms with Gasteiger partial charge in [-0.15, -0.1) is 0 Å². The van der Waals surface area contributed by atoms with Crippen LogP contribution in [0.2, 0.25) is 0 Å². The van der Waals surface area contributed by atoms with Crippen LogP contribution in [0.25, 0.3) is 5.69 Å². The molecule has 2 amide bonds. The van der Waals surface area contributed by atoms with Crippen molar-refractivity contribution in [2.45, 2.75) is 19.3 Å². The van der Waals surface area contributed by atoms with Crippen LogP contribution in [-0.2, 0) is 4.79 Å². The number of phenols is 1. The van der Waals surface area contributed by atoms with Crippen LogP contribution in [0, 0.1) is 0 Å². The minimum atomic E-state index is -0.374. The fraction of sp³-hybridized carbons (Fsp3) is 0.333. The molecule has 0 unspecified atom stereocenters. The molecule has 1 fully saturated rings. The van der Waals surface area contributed by atoms with Gasteiger partial charge in [0, 0.05) is 50.2 Å². The number of nitrogens with one attached hydrogen (secondary N) is 1. The summed E-state index contributed by atoms with van der Waals surface area (Å²) < 4.78 is 1.84. The second-order valence-corrected chi connectivity index (χ2v) is 5.89. The molecule has 0 bridgehead atoms. The van der Waals surface area contributed by atoms with Gasteiger partial charge in [-0.25, -0.2) is 0 Å². The predicted molar refractivity (Wildman–Crippen MR) is 90.2 cm³/mol. The molecule has 3 rings (SSSR count). The molecule has 1 aliphatic rings. The topological polar surface area (TPSA) is 74.6 Å². The van der Waals surface area contributed by atoms with E-state index in [1.165, 1.54) is 0 Å². The number of likely N-dealkylation sites (tertiary alicyclic amines) is 1. The molecule has 6 nitrogen and oxygen atoms in total. The molecule has 2 heterocycles. The van der Waals surface area contributed by atoms with E-state index in [1.54, 1.807) is 18.2 Å². The smallest absolute Gasteiger partial charge is 0.255 e. The first-order valence-corrected chi connectivity index (χ1v) is 8.17. The Morgan fingerprint density at radius 3 is 2.50 bits per heavy atom. The second kappa shape index (κ2) is 7.21. The maximum absolute atomic E-state index is 12.2. The standard InChI is InChI=1S/C18H21N3O3/c22-16-13-14(20-9-1-2-10-20)5-6-15(16)18(24)19-8-7-17(23)21-11-3-4-12-21/h1-2,5-6,9-10,13,22H,3-4,7-8,11-12H2,(H,19,24). The third-order valence-corrected chi connectivity index (χ3v) is 4.21. The van der Waals surface area contributed by atoms with Gasteiger partial charge in [-0.2, -0.15) is 0 Å². The minimum Gasteiger partial charge on any atom is -0.507 e. The van der Waals surface area contributed by atoms with Crippen molar-refractivity contribution < 1.29 is 14.7 Å². The minimum absolute atomic E-state index is 0.0694. The largest absolute Gasteiger partial charge is 0.507 e. The van der Waals surface area contributed by atoms with Gasteiger partial charge in [0.1, 0.15) is 5.75 Å². The summed E-state index contributed by atoms with van der Waals surface area (Å²) in [5.74, 6) is -0.384. The number of hydrogen-bond donors (Lipinski definition) is 2. The van der Waals surface area contributed by atoms with Gasteiger partial charge in [0.05, 0.1) is 5.56 Å². The number of nitrogens with zero attached hydrogens (tertiary/aromatic N) is 2. The monoisotopic (exact) mass is 327 g/mol. The molecule has 0 spiro atoms. The highest BCUT2D eigenvalue weighted by Crippen LogP contribution is 2.21. The number of phenolic OH excluding ortho intramolecular Hbond substituents is 1. The van der Waals surface area contributed by atoms with Crippen LogP contribution in [0.1, 0.15) is 29.6 Å². The summed E-state index contributed by atoms with van der Waals surface area (Å²) in [6.07, 6.45) is 6.12. The lowest BCUT2D eigenvalue weighted by Gasteiger charge is -2.15. The Kier molecular flexibility index (Phi) is 4.84. The Morgan fingerprint density at radius 2 is 1.83 bits per heavy atom. The fourth-order valence-electron chi connectivity index (χ4n) is 2.88. The van der Waals surface area contributed by atoms with E-state index in [1.807, 2.05) is 34.0 Å². The normalized spacial score (nSPS) is 13.9. The molecular formula is C18H21N3O3. The van der Waals surface area contributed by atoms with Crippen LogP contribution in [0.3, 0.4) is 0 Å². The van der Waals surface area contributed by atoms with Gasteiger partial charge in [-0.1, -0.05) is 0 Å². The van der Waals surface area contributed by atoms with Crippen molar-refractivity contribution in [3.8, 4) is 11.4 Å². The zero-order valence-corrected chi connectivity index (χ0v) is 13.4. The Bertz CT molecular complexity index is 719. The van der Waals surface area contributed by atoms with E-state index >= 15 is 0 Å². The van der Waals surface area contributed by atoms with Gasteiger partial charge in [0.15, 0.2) is 0 Å². The zero-order chi connectivity index (χ0) is 16.9. The lowest BCUT2D eigenvalue weighted by molar-refractivity contribution is -0.129. The molecule has 1 saturated heterocycles. The molecular weight excluding hydrogens is 306 g/mol. The summed E-state index contributed by atoms with van der Waals surface area (Å²) in [7, 11) is 0. The molecule has 1 aromatic carbocycles. The van der Waals surface area contributed by atoms with Crippen molar-refractivity contribution in [1.82, 2.24) is 14.8 Å². The highest BCUT2D eigenvalue weighted by molar-refractivity contribution is 5.97. The molecule has 126 valence electrons. The van der Waals surface area contributed by atoms with Crippen molar-refractivity contribution >= 4 is 11.8 Å². The van der Waals surface area contributed by atoms with Crippen molar-refractivity contribution in [3.05, 3.63) is 48.3 Å². The van der Waals surface area contributed by atoms with Crippen LogP contribution in [-0.4, -0.2) is 46.0 Å². The highest BCUT2D eigenvalue weighted by Gasteiger charge is 2.18. The maximum atomic E-state index is 12.2. The average molecular weight is 327 g/mol. The molecule has 2 N–H and O–H groups in total. The number of rotatable bonds is 5. The molecule has 0 saturated carbocycles. The third kappa shape index (κ3) is 3.59. The van der Waals surface area contributed by atoms with E-state index in [0.29, 0.717) is 0 Å². The highest BCUT2D eigenvalue weighted by atomic mass is 16.3. The second-order valence-electron chi connectivity index (χ2n) is 5.89. The van der Waals surface area contributed by atoms with Gasteiger partial charge >= 0.3 is 0 Å². The maximum Gasteiger partial charge on any atom is 0.255 e. The molecule has 0 aliphatic carbocycles. The van der Waals surface area contributed by atoms with Crippen molar-refractivity contribution in [1.29, 1.82) is 0 Å². The van der Waals surface area contributed by atoms with Crippen LogP contribution in [0.5, 0.6) is 5.75 Å². The van der Waals surface area contributed by atoms with Crippen LogP contribution in [0.4, 0.5) is 0 Å². The first-order valence-electron chi connectivity index (χ1n) is 8.17. The van der Waals surface area contributed by atoms with E-state index in [-0.39, 0.29) is 36.1 Å². The van der Waals surface area contributed by atoms with Gasteiger partial charge in [-0.3, -0.25) is 9.59 Å². The number of carbonyl (C=O) groups is 2. The van der Waals surface area contributed by atoms with Crippen LogP contribution in [0.15, 0.2) is 42.7 Å². The molecule has 0 radical (unpaired) electrons. The summed E-state index contributed by atoms with van der Waals surface area (Å²) in [5, 5.41) is 12.8. The number of benzene rings is 1. The number of aromatic hydroxyl groups is 1. The zero-order valence-electron chi connectivity index (χ0n) is 13.4. The quantitative estimate of drug-likeness (QED) is 0.881. The SMILES string of the molecule is O=C(NCCC(=O)N1CCCC1)c1ccc(-n2cccc2)cc1O. The average Bonchev–Trinajstić information content (AvgIpc) is 3.28. The molecule has 6 heteroatoms. The third-order valence-electron chi connectivity index (χ3n) is 4.21. The molecule has 24 heavy (non-hydrogen) atoms. The fourth-order valence-corrected chi connectivity index (χ4v) is 2.88. The van der Waals surface area contributed by atoms with E-state index in [0.717, 1.165) is 31.6 Å². The summed E-state index contributed by atoms with van der Waals surface area (Å²) in [5.41, 5.74) is 0.984. The first-order chi connectivity index (χ1) is 11.6. The van der Waals surface area contributed by atoms with Gasteiger partial charge in [0.2, 0.25) is 5.91 Å². The van der Waals surface area contributed by atoms with Gasteiger partial charge in [-0.05, 0) is 37.1 Å². The summed E-state index contributed by atoms with van der Waals surface area (Å²) in [6, 6.07) is 8.67. The molecule has 0 atom stereocenters. The molecule has 2 aromatic rings. The summed E-state index contributed by atoms with van der Waals surface area (Å²) >= 11 is 0. The Hall–Kier alpha value is -2.76. The van der Waals surface area contributed by atoms with Crippen molar-refractivity contribution in [3.63, 3.8) is 0 Å². The summed E-state index contributed by atoms with van der Waals surface area (Å²) in [6.45, 7) is 1.90. The Morgan fingerprint density at radius 1 is 1.12 bits per heavy atom. The Balaban J connectivity index is 1.56. The lowest BCUT2D eigenvalue weighted by Crippen LogP contribution is -2.32. The Labute approximate surface area is 140 Å². The van der Waals surface area contributed by atoms with Gasteiger partial charge < -0.3 is 19.9 Å². The van der Waals surface area contributed by atoms with Crippen molar-refractivity contribution in [2.24, 2.45) is 0 Å². The number of aromatic nitrogens is 1. The van der Waals surface area contributed by atoms with E-state index in [9.17, 15) is 14.7 Å². The number of hydrogen-bond acceptors (Lipinski definition) is 3. The van der Waals surface area contributed by atoms with E-state index < -0.39 is 0 Å². The predicted octanol–water partition coefficient (Wildman–Crippen LogP) is 1.93. The lowest BCUT2D eigenvalue weighted by atomic mass is 10.1.